The molecule has 2 aromatic rings. The number of H-pyrrole nitrogens is 1. The monoisotopic (exact) mass is 313 g/mol. The molecule has 0 radical (unpaired) electrons. The van der Waals surface area contributed by atoms with Crippen LogP contribution in [0.5, 0.6) is 0 Å². The number of nitrogens with one attached hydrogen (secondary N) is 1. The maximum atomic E-state index is 11.5. The number of hydrogen-bond acceptors (Lipinski definition) is 3. The number of amides is 1. The SMILES string of the molecule is O=C1OCCN1CCN1CCC(c2c[nH]c3ccccc23)CC1. The normalized spacial score (nSPS) is 20.3. The molecule has 4 rings (SSSR count). The maximum absolute atomic E-state index is 11.5. The molecule has 3 heterocycles. The third-order valence-corrected chi connectivity index (χ3v) is 5.18. The average Bonchev–Trinajstić information content (AvgIpc) is 3.20. The van der Waals surface area contributed by atoms with Crippen molar-refractivity contribution in [2.45, 2.75) is 18.8 Å². The van der Waals surface area contributed by atoms with E-state index in [-0.39, 0.29) is 6.09 Å². The Hall–Kier alpha value is -2.01. The molecule has 1 N–H and O–H groups in total. The van der Waals surface area contributed by atoms with E-state index in [9.17, 15) is 4.79 Å². The number of rotatable bonds is 4. The van der Waals surface area contributed by atoms with Crippen LogP contribution in [0.25, 0.3) is 10.9 Å². The Balaban J connectivity index is 1.33. The second-order valence-corrected chi connectivity index (χ2v) is 6.51. The third-order valence-electron chi connectivity index (χ3n) is 5.18. The lowest BCUT2D eigenvalue weighted by molar-refractivity contribution is 0.149. The summed E-state index contributed by atoms with van der Waals surface area (Å²) >= 11 is 0. The smallest absolute Gasteiger partial charge is 0.409 e. The van der Waals surface area contributed by atoms with Crippen molar-refractivity contribution in [3.05, 3.63) is 36.0 Å². The van der Waals surface area contributed by atoms with Gasteiger partial charge in [0.05, 0.1) is 6.54 Å². The number of carbonyl (C=O) groups excluding carboxylic acids is 1. The maximum Gasteiger partial charge on any atom is 0.409 e. The first-order chi connectivity index (χ1) is 11.3. The number of likely N-dealkylation sites (tertiary alicyclic amines) is 1. The zero-order valence-electron chi connectivity index (χ0n) is 13.3. The highest BCUT2D eigenvalue weighted by molar-refractivity contribution is 5.83. The van der Waals surface area contributed by atoms with E-state index in [1.807, 2.05) is 4.90 Å². The molecule has 0 saturated carbocycles. The number of ether oxygens (including phenoxy) is 1. The first-order valence-corrected chi connectivity index (χ1v) is 8.51. The van der Waals surface area contributed by atoms with Gasteiger partial charge in [0, 0.05) is 30.2 Å². The molecule has 2 aliphatic heterocycles. The molecule has 0 atom stereocenters. The van der Waals surface area contributed by atoms with Gasteiger partial charge in [0.1, 0.15) is 6.61 Å². The number of benzene rings is 1. The van der Waals surface area contributed by atoms with Gasteiger partial charge in [-0.25, -0.2) is 4.79 Å². The number of carbonyl (C=O) groups is 1. The topological polar surface area (TPSA) is 48.6 Å². The van der Waals surface area contributed by atoms with Crippen molar-refractivity contribution in [1.82, 2.24) is 14.8 Å². The molecular formula is C18H23N3O2. The Morgan fingerprint density at radius 3 is 2.74 bits per heavy atom. The van der Waals surface area contributed by atoms with Crippen molar-refractivity contribution < 1.29 is 9.53 Å². The zero-order valence-corrected chi connectivity index (χ0v) is 13.3. The van der Waals surface area contributed by atoms with E-state index in [1.54, 1.807) is 0 Å². The first-order valence-electron chi connectivity index (χ1n) is 8.51. The van der Waals surface area contributed by atoms with E-state index >= 15 is 0 Å². The molecule has 1 aromatic carbocycles. The molecule has 0 spiro atoms. The fourth-order valence-corrected chi connectivity index (χ4v) is 3.79. The number of cyclic esters (lactones) is 1. The second-order valence-electron chi connectivity index (χ2n) is 6.51. The largest absolute Gasteiger partial charge is 0.448 e. The van der Waals surface area contributed by atoms with Crippen LogP contribution in [-0.2, 0) is 4.74 Å². The molecule has 0 bridgehead atoms. The summed E-state index contributed by atoms with van der Waals surface area (Å²) in [5, 5.41) is 1.37. The van der Waals surface area contributed by atoms with Gasteiger partial charge < -0.3 is 19.5 Å². The van der Waals surface area contributed by atoms with E-state index in [1.165, 1.54) is 29.3 Å². The second kappa shape index (κ2) is 6.24. The number of aromatic nitrogens is 1. The van der Waals surface area contributed by atoms with Crippen LogP contribution in [0.1, 0.15) is 24.3 Å². The molecule has 1 amide bonds. The molecule has 0 unspecified atom stereocenters. The Morgan fingerprint density at radius 1 is 1.13 bits per heavy atom. The highest BCUT2D eigenvalue weighted by Gasteiger charge is 2.25. The van der Waals surface area contributed by atoms with Crippen molar-refractivity contribution in [3.63, 3.8) is 0 Å². The summed E-state index contributed by atoms with van der Waals surface area (Å²) in [6, 6.07) is 8.55. The van der Waals surface area contributed by atoms with Crippen LogP contribution in [-0.4, -0.2) is 60.2 Å². The number of para-hydroxylation sites is 1. The standard InChI is InChI=1S/C18H23N3O2/c22-18-21(11-12-23-18)10-9-20-7-5-14(6-8-20)16-13-19-17-4-2-1-3-15(16)17/h1-4,13-14,19H,5-12H2. The number of piperidine rings is 1. The van der Waals surface area contributed by atoms with Gasteiger partial charge in [-0.05, 0) is 43.5 Å². The lowest BCUT2D eigenvalue weighted by atomic mass is 9.89. The lowest BCUT2D eigenvalue weighted by Crippen LogP contribution is -2.39. The lowest BCUT2D eigenvalue weighted by Gasteiger charge is -2.32. The van der Waals surface area contributed by atoms with Crippen molar-refractivity contribution in [2.24, 2.45) is 0 Å². The highest BCUT2D eigenvalue weighted by atomic mass is 16.6. The molecule has 23 heavy (non-hydrogen) atoms. The minimum absolute atomic E-state index is 0.154. The van der Waals surface area contributed by atoms with Crippen molar-refractivity contribution in [1.29, 1.82) is 0 Å². The van der Waals surface area contributed by atoms with Crippen molar-refractivity contribution in [2.75, 3.05) is 39.3 Å². The molecule has 5 nitrogen and oxygen atoms in total. The van der Waals surface area contributed by atoms with Gasteiger partial charge in [-0.3, -0.25) is 0 Å². The molecule has 2 fully saturated rings. The zero-order chi connectivity index (χ0) is 15.6. The fraction of sp³-hybridized carbons (Fsp3) is 0.500. The van der Waals surface area contributed by atoms with Crippen molar-refractivity contribution in [3.8, 4) is 0 Å². The van der Waals surface area contributed by atoms with E-state index in [4.69, 9.17) is 4.74 Å². The van der Waals surface area contributed by atoms with Gasteiger partial charge in [0.15, 0.2) is 0 Å². The Labute approximate surface area is 136 Å². The van der Waals surface area contributed by atoms with E-state index in [0.29, 0.717) is 12.5 Å². The van der Waals surface area contributed by atoms with Crippen LogP contribution in [0.15, 0.2) is 30.5 Å². The molecular weight excluding hydrogens is 290 g/mol. The Kier molecular flexibility index (Phi) is 3.95. The molecule has 2 saturated heterocycles. The van der Waals surface area contributed by atoms with E-state index < -0.39 is 0 Å². The van der Waals surface area contributed by atoms with Gasteiger partial charge in [-0.15, -0.1) is 0 Å². The Bertz CT molecular complexity index is 688. The molecule has 2 aliphatic rings. The molecule has 122 valence electrons. The van der Waals surface area contributed by atoms with Crippen LogP contribution in [0.3, 0.4) is 0 Å². The summed E-state index contributed by atoms with van der Waals surface area (Å²) in [6.45, 7) is 5.23. The van der Waals surface area contributed by atoms with E-state index in [2.05, 4.69) is 40.3 Å². The van der Waals surface area contributed by atoms with E-state index in [0.717, 1.165) is 32.7 Å². The summed E-state index contributed by atoms with van der Waals surface area (Å²) in [6.07, 6.45) is 4.41. The number of aromatic amines is 1. The molecule has 1 aromatic heterocycles. The highest BCUT2D eigenvalue weighted by Crippen LogP contribution is 2.32. The van der Waals surface area contributed by atoms with Crippen LogP contribution in [0.4, 0.5) is 4.79 Å². The summed E-state index contributed by atoms with van der Waals surface area (Å²) in [5.41, 5.74) is 2.70. The van der Waals surface area contributed by atoms with Crippen LogP contribution in [0, 0.1) is 0 Å². The minimum Gasteiger partial charge on any atom is -0.448 e. The Morgan fingerprint density at radius 2 is 1.96 bits per heavy atom. The predicted molar refractivity (Wildman–Crippen MR) is 89.6 cm³/mol. The van der Waals surface area contributed by atoms with Crippen LogP contribution in [0.2, 0.25) is 0 Å². The molecule has 5 heteroatoms. The van der Waals surface area contributed by atoms with Crippen LogP contribution >= 0.6 is 0 Å². The number of hydrogen-bond donors (Lipinski definition) is 1. The minimum atomic E-state index is -0.154. The van der Waals surface area contributed by atoms with Gasteiger partial charge in [-0.1, -0.05) is 18.2 Å². The fourth-order valence-electron chi connectivity index (χ4n) is 3.79. The van der Waals surface area contributed by atoms with Gasteiger partial charge in [0.2, 0.25) is 0 Å². The average molecular weight is 313 g/mol. The van der Waals surface area contributed by atoms with Crippen LogP contribution < -0.4 is 0 Å². The number of fused-ring (bicyclic) bond motifs is 1. The van der Waals surface area contributed by atoms with Gasteiger partial charge in [-0.2, -0.15) is 0 Å². The summed E-state index contributed by atoms with van der Waals surface area (Å²) in [4.78, 5) is 19.1. The first kappa shape index (κ1) is 14.6. The quantitative estimate of drug-likeness (QED) is 0.944. The summed E-state index contributed by atoms with van der Waals surface area (Å²) in [7, 11) is 0. The summed E-state index contributed by atoms with van der Waals surface area (Å²) < 4.78 is 4.98. The number of nitrogens with zero attached hydrogens (tertiary/aromatic N) is 2. The predicted octanol–water partition coefficient (Wildman–Crippen LogP) is 2.80. The third kappa shape index (κ3) is 2.93. The summed E-state index contributed by atoms with van der Waals surface area (Å²) in [5.74, 6) is 0.638. The van der Waals surface area contributed by atoms with Gasteiger partial charge >= 0.3 is 6.09 Å². The van der Waals surface area contributed by atoms with Gasteiger partial charge in [0.25, 0.3) is 0 Å². The molecule has 0 aliphatic carbocycles. The van der Waals surface area contributed by atoms with Crippen molar-refractivity contribution >= 4 is 17.0 Å².